The Morgan fingerprint density at radius 3 is 2.30 bits per heavy atom. The number of carbonyl (C=O) groups is 2. The van der Waals surface area contributed by atoms with Crippen LogP contribution >= 0.6 is 0 Å². The van der Waals surface area contributed by atoms with Crippen molar-refractivity contribution in [2.45, 2.75) is 20.4 Å². The maximum absolute atomic E-state index is 12.2. The van der Waals surface area contributed by atoms with Gasteiger partial charge in [0.2, 0.25) is 0 Å². The van der Waals surface area contributed by atoms with Gasteiger partial charge >= 0.3 is 6.03 Å². The standard InChI is InChI=1S/C16H21N5O2/c1-11(2)9-21-10-12(8-18-21)15(22)19-13-4-6-14(7-5-13)20-16(23)17-3/h4-8,10-11H,9H2,1-3H3,(H,19,22)(H2,17,20,23). The molecule has 2 aromatic rings. The normalized spacial score (nSPS) is 10.4. The Hall–Kier alpha value is -2.83. The maximum atomic E-state index is 12.2. The fourth-order valence-electron chi connectivity index (χ4n) is 1.99. The summed E-state index contributed by atoms with van der Waals surface area (Å²) in [5.74, 6) is 0.248. The zero-order valence-electron chi connectivity index (χ0n) is 13.5. The largest absolute Gasteiger partial charge is 0.341 e. The first kappa shape index (κ1) is 16.5. The average molecular weight is 315 g/mol. The maximum Gasteiger partial charge on any atom is 0.318 e. The molecule has 0 saturated heterocycles. The molecule has 3 amide bonds. The Morgan fingerprint density at radius 1 is 1.13 bits per heavy atom. The van der Waals surface area contributed by atoms with E-state index in [2.05, 4.69) is 34.9 Å². The van der Waals surface area contributed by atoms with Crippen LogP contribution in [0.5, 0.6) is 0 Å². The lowest BCUT2D eigenvalue weighted by atomic mass is 10.2. The number of amides is 3. The minimum absolute atomic E-state index is 0.216. The first-order valence-electron chi connectivity index (χ1n) is 7.40. The predicted octanol–water partition coefficient (Wildman–Crippen LogP) is 2.54. The zero-order valence-corrected chi connectivity index (χ0v) is 13.5. The smallest absolute Gasteiger partial charge is 0.318 e. The van der Waals surface area contributed by atoms with Gasteiger partial charge in [0.25, 0.3) is 5.91 Å². The third kappa shape index (κ3) is 4.84. The number of benzene rings is 1. The van der Waals surface area contributed by atoms with E-state index in [1.54, 1.807) is 48.4 Å². The molecule has 23 heavy (non-hydrogen) atoms. The number of rotatable bonds is 5. The van der Waals surface area contributed by atoms with Crippen LogP contribution in [-0.2, 0) is 6.54 Å². The second-order valence-corrected chi connectivity index (χ2v) is 5.58. The van der Waals surface area contributed by atoms with Gasteiger partial charge in [0.1, 0.15) is 0 Å². The molecule has 0 aliphatic heterocycles. The Bertz CT molecular complexity index is 676. The summed E-state index contributed by atoms with van der Waals surface area (Å²) >= 11 is 0. The van der Waals surface area contributed by atoms with Crippen molar-refractivity contribution in [2.75, 3.05) is 17.7 Å². The first-order valence-corrected chi connectivity index (χ1v) is 7.40. The van der Waals surface area contributed by atoms with Gasteiger partial charge in [-0.15, -0.1) is 0 Å². The van der Waals surface area contributed by atoms with E-state index < -0.39 is 0 Å². The molecule has 2 rings (SSSR count). The van der Waals surface area contributed by atoms with E-state index in [-0.39, 0.29) is 11.9 Å². The minimum atomic E-state index is -0.292. The SMILES string of the molecule is CNC(=O)Nc1ccc(NC(=O)c2cnn(CC(C)C)c2)cc1. The molecule has 0 radical (unpaired) electrons. The van der Waals surface area contributed by atoms with E-state index in [0.29, 0.717) is 22.9 Å². The molecule has 7 nitrogen and oxygen atoms in total. The number of aromatic nitrogens is 2. The Balaban J connectivity index is 1.97. The highest BCUT2D eigenvalue weighted by atomic mass is 16.2. The van der Waals surface area contributed by atoms with Crippen molar-refractivity contribution >= 4 is 23.3 Å². The molecule has 1 aromatic heterocycles. The molecule has 122 valence electrons. The summed E-state index contributed by atoms with van der Waals surface area (Å²) in [7, 11) is 1.55. The van der Waals surface area contributed by atoms with Crippen LogP contribution in [0, 0.1) is 5.92 Å². The van der Waals surface area contributed by atoms with Gasteiger partial charge in [0.05, 0.1) is 11.8 Å². The molecule has 0 atom stereocenters. The van der Waals surface area contributed by atoms with Crippen LogP contribution in [0.15, 0.2) is 36.7 Å². The highest BCUT2D eigenvalue weighted by Gasteiger charge is 2.10. The van der Waals surface area contributed by atoms with Crippen LogP contribution in [0.4, 0.5) is 16.2 Å². The molecule has 0 aliphatic rings. The molecule has 3 N–H and O–H groups in total. The third-order valence-electron chi connectivity index (χ3n) is 3.08. The van der Waals surface area contributed by atoms with Crippen LogP contribution < -0.4 is 16.0 Å². The summed E-state index contributed by atoms with van der Waals surface area (Å²) in [5, 5.41) is 12.1. The van der Waals surface area contributed by atoms with Gasteiger partial charge in [-0.25, -0.2) is 4.79 Å². The molecule has 0 aliphatic carbocycles. The highest BCUT2D eigenvalue weighted by Crippen LogP contribution is 2.14. The highest BCUT2D eigenvalue weighted by molar-refractivity contribution is 6.04. The Kier molecular flexibility index (Phi) is 5.35. The number of carbonyl (C=O) groups excluding carboxylic acids is 2. The zero-order chi connectivity index (χ0) is 16.8. The van der Waals surface area contributed by atoms with E-state index in [1.807, 2.05) is 0 Å². The summed E-state index contributed by atoms with van der Waals surface area (Å²) < 4.78 is 1.76. The van der Waals surface area contributed by atoms with Gasteiger partial charge in [-0.1, -0.05) is 13.8 Å². The Morgan fingerprint density at radius 2 is 1.74 bits per heavy atom. The van der Waals surface area contributed by atoms with Crippen LogP contribution in [0.3, 0.4) is 0 Å². The monoisotopic (exact) mass is 315 g/mol. The molecule has 0 spiro atoms. The third-order valence-corrected chi connectivity index (χ3v) is 3.08. The molecular weight excluding hydrogens is 294 g/mol. The van der Waals surface area contributed by atoms with Crippen LogP contribution in [0.1, 0.15) is 24.2 Å². The summed E-state index contributed by atoms with van der Waals surface area (Å²) in [4.78, 5) is 23.4. The van der Waals surface area contributed by atoms with Crippen LogP contribution in [0.25, 0.3) is 0 Å². The molecule has 0 fully saturated rings. The second-order valence-electron chi connectivity index (χ2n) is 5.58. The number of urea groups is 1. The minimum Gasteiger partial charge on any atom is -0.341 e. The van der Waals surface area contributed by atoms with Crippen LogP contribution in [0.2, 0.25) is 0 Å². The lowest BCUT2D eigenvalue weighted by Gasteiger charge is -2.07. The van der Waals surface area contributed by atoms with Crippen molar-refractivity contribution in [2.24, 2.45) is 5.92 Å². The van der Waals surface area contributed by atoms with E-state index in [1.165, 1.54) is 0 Å². The van der Waals surface area contributed by atoms with E-state index >= 15 is 0 Å². The molecule has 1 aromatic carbocycles. The lowest BCUT2D eigenvalue weighted by molar-refractivity contribution is 0.102. The number of nitrogens with zero attached hydrogens (tertiary/aromatic N) is 2. The van der Waals surface area contributed by atoms with Crippen LogP contribution in [-0.4, -0.2) is 28.8 Å². The molecule has 1 heterocycles. The van der Waals surface area contributed by atoms with Gasteiger partial charge in [-0.3, -0.25) is 9.48 Å². The van der Waals surface area contributed by atoms with Gasteiger partial charge in [-0.05, 0) is 30.2 Å². The quantitative estimate of drug-likeness (QED) is 0.792. The predicted molar refractivity (Wildman–Crippen MR) is 89.5 cm³/mol. The van der Waals surface area contributed by atoms with Gasteiger partial charge in [0, 0.05) is 31.2 Å². The summed E-state index contributed by atoms with van der Waals surface area (Å²) in [6, 6.07) is 6.59. The fraction of sp³-hybridized carbons (Fsp3) is 0.312. The number of anilines is 2. The molecule has 0 bridgehead atoms. The van der Waals surface area contributed by atoms with Crippen molar-refractivity contribution in [3.63, 3.8) is 0 Å². The topological polar surface area (TPSA) is 88.1 Å². The van der Waals surface area contributed by atoms with Gasteiger partial charge in [0.15, 0.2) is 0 Å². The van der Waals surface area contributed by atoms with Gasteiger partial charge < -0.3 is 16.0 Å². The average Bonchev–Trinajstić information content (AvgIpc) is 2.97. The van der Waals surface area contributed by atoms with E-state index in [9.17, 15) is 9.59 Å². The van der Waals surface area contributed by atoms with Gasteiger partial charge in [-0.2, -0.15) is 5.10 Å². The number of nitrogens with one attached hydrogen (secondary N) is 3. The molecule has 0 unspecified atom stereocenters. The van der Waals surface area contributed by atoms with E-state index in [4.69, 9.17) is 0 Å². The van der Waals surface area contributed by atoms with Crippen molar-refractivity contribution in [1.82, 2.24) is 15.1 Å². The molecule has 7 heteroatoms. The summed E-state index contributed by atoms with van der Waals surface area (Å²) in [6.45, 7) is 4.96. The van der Waals surface area contributed by atoms with Crippen molar-refractivity contribution in [3.8, 4) is 0 Å². The van der Waals surface area contributed by atoms with Crippen molar-refractivity contribution < 1.29 is 9.59 Å². The second kappa shape index (κ2) is 7.44. The fourth-order valence-corrected chi connectivity index (χ4v) is 1.99. The van der Waals surface area contributed by atoms with Crippen molar-refractivity contribution in [3.05, 3.63) is 42.2 Å². The first-order chi connectivity index (χ1) is 11.0. The number of hydrogen-bond donors (Lipinski definition) is 3. The molecule has 0 saturated carbocycles. The van der Waals surface area contributed by atoms with E-state index in [0.717, 1.165) is 6.54 Å². The summed E-state index contributed by atoms with van der Waals surface area (Å²) in [6.07, 6.45) is 3.29. The Labute approximate surface area is 135 Å². The lowest BCUT2D eigenvalue weighted by Crippen LogP contribution is -2.24. The number of hydrogen-bond acceptors (Lipinski definition) is 3. The summed E-state index contributed by atoms with van der Waals surface area (Å²) in [5.41, 5.74) is 1.80. The molecular formula is C16H21N5O2. The van der Waals surface area contributed by atoms with Crippen molar-refractivity contribution in [1.29, 1.82) is 0 Å².